The van der Waals surface area contributed by atoms with Crippen molar-refractivity contribution in [2.75, 3.05) is 13.1 Å². The second kappa shape index (κ2) is 6.07. The van der Waals surface area contributed by atoms with Gasteiger partial charge in [0.05, 0.1) is 16.3 Å². The Hall–Kier alpha value is -1.70. The lowest BCUT2D eigenvalue weighted by molar-refractivity contribution is 0.100. The van der Waals surface area contributed by atoms with E-state index in [0.29, 0.717) is 4.88 Å². The average molecular weight is 331 g/mol. The maximum Gasteiger partial charge on any atom is 0.258 e. The molecule has 0 fully saturated rings. The summed E-state index contributed by atoms with van der Waals surface area (Å²) in [6, 6.07) is 4.18. The molecule has 1 amide bonds. The smallest absolute Gasteiger partial charge is 0.258 e. The van der Waals surface area contributed by atoms with E-state index in [4.69, 9.17) is 10.8 Å². The number of amides is 1. The molecule has 0 aromatic carbocycles. The van der Waals surface area contributed by atoms with Crippen molar-refractivity contribution in [3.05, 3.63) is 38.8 Å². The molecule has 7 heteroatoms. The number of nitrogens with one attached hydrogen (secondary N) is 1. The Morgan fingerprint density at radius 2 is 2.30 bits per heavy atom. The molecule has 2 aromatic heterocycles. The molecule has 122 valence electrons. The van der Waals surface area contributed by atoms with Crippen molar-refractivity contribution in [2.45, 2.75) is 39.0 Å². The van der Waals surface area contributed by atoms with Gasteiger partial charge in [0.2, 0.25) is 0 Å². The van der Waals surface area contributed by atoms with Crippen LogP contribution in [0.1, 0.15) is 37.9 Å². The molecule has 0 atom stereocenters. The SMILES string of the molecule is NC(=O)c1cc2c(s1)CCN(Cc1cc3n(n1)CCCNC3)C2. The van der Waals surface area contributed by atoms with Gasteiger partial charge in [-0.25, -0.2) is 0 Å². The molecule has 0 bridgehead atoms. The summed E-state index contributed by atoms with van der Waals surface area (Å²) < 4.78 is 2.14. The predicted octanol–water partition coefficient (Wildman–Crippen LogP) is 1.10. The minimum Gasteiger partial charge on any atom is -0.365 e. The molecule has 2 aromatic rings. The maximum atomic E-state index is 11.3. The summed E-state index contributed by atoms with van der Waals surface area (Å²) in [6.07, 6.45) is 2.12. The van der Waals surface area contributed by atoms with Gasteiger partial charge in [-0.15, -0.1) is 11.3 Å². The van der Waals surface area contributed by atoms with Crippen LogP contribution in [0.3, 0.4) is 0 Å². The summed E-state index contributed by atoms with van der Waals surface area (Å²) in [5.74, 6) is -0.318. The molecule has 23 heavy (non-hydrogen) atoms. The zero-order valence-corrected chi connectivity index (χ0v) is 13.9. The number of carbonyl (C=O) groups is 1. The molecule has 0 unspecified atom stereocenters. The fourth-order valence-corrected chi connectivity index (χ4v) is 4.39. The fraction of sp³-hybridized carbons (Fsp3) is 0.500. The molecule has 0 radical (unpaired) electrons. The first kappa shape index (κ1) is 14.9. The Morgan fingerprint density at radius 3 is 3.17 bits per heavy atom. The van der Waals surface area contributed by atoms with Crippen LogP contribution in [-0.4, -0.2) is 33.7 Å². The lowest BCUT2D eigenvalue weighted by Gasteiger charge is -2.25. The van der Waals surface area contributed by atoms with E-state index in [2.05, 4.69) is 21.0 Å². The number of nitrogens with zero attached hydrogens (tertiary/aromatic N) is 3. The van der Waals surface area contributed by atoms with Crippen LogP contribution in [0.5, 0.6) is 0 Å². The van der Waals surface area contributed by atoms with Crippen LogP contribution >= 0.6 is 11.3 Å². The third-order valence-electron chi connectivity index (χ3n) is 4.52. The van der Waals surface area contributed by atoms with Crippen molar-refractivity contribution >= 4 is 17.2 Å². The first-order chi connectivity index (χ1) is 11.2. The van der Waals surface area contributed by atoms with E-state index in [-0.39, 0.29) is 5.91 Å². The lowest BCUT2D eigenvalue weighted by atomic mass is 10.1. The Morgan fingerprint density at radius 1 is 1.39 bits per heavy atom. The van der Waals surface area contributed by atoms with Crippen LogP contribution in [0.15, 0.2) is 12.1 Å². The molecule has 6 nitrogen and oxygen atoms in total. The first-order valence-corrected chi connectivity index (χ1v) is 8.91. The first-order valence-electron chi connectivity index (χ1n) is 8.09. The monoisotopic (exact) mass is 331 g/mol. The van der Waals surface area contributed by atoms with Crippen LogP contribution in [0.4, 0.5) is 0 Å². The van der Waals surface area contributed by atoms with Gasteiger partial charge in [-0.3, -0.25) is 14.4 Å². The summed E-state index contributed by atoms with van der Waals surface area (Å²) >= 11 is 1.55. The van der Waals surface area contributed by atoms with E-state index in [1.54, 1.807) is 11.3 Å². The highest BCUT2D eigenvalue weighted by atomic mass is 32.1. The van der Waals surface area contributed by atoms with E-state index in [1.807, 2.05) is 6.07 Å². The molecular weight excluding hydrogens is 310 g/mol. The number of thiophene rings is 1. The second-order valence-corrected chi connectivity index (χ2v) is 7.40. The number of hydrogen-bond acceptors (Lipinski definition) is 5. The minimum absolute atomic E-state index is 0.318. The predicted molar refractivity (Wildman–Crippen MR) is 89.2 cm³/mol. The van der Waals surface area contributed by atoms with Gasteiger partial charge in [0.25, 0.3) is 5.91 Å². The number of hydrogen-bond donors (Lipinski definition) is 2. The van der Waals surface area contributed by atoms with E-state index >= 15 is 0 Å². The van der Waals surface area contributed by atoms with Gasteiger partial charge < -0.3 is 11.1 Å². The minimum atomic E-state index is -0.318. The molecule has 0 aliphatic carbocycles. The Labute approximate surface area is 139 Å². The van der Waals surface area contributed by atoms with Crippen LogP contribution in [0, 0.1) is 0 Å². The largest absolute Gasteiger partial charge is 0.365 e. The van der Waals surface area contributed by atoms with Gasteiger partial charge >= 0.3 is 0 Å². The molecular formula is C16H21N5OS. The molecule has 4 rings (SSSR count). The van der Waals surface area contributed by atoms with Gasteiger partial charge in [0, 0.05) is 37.6 Å². The molecule has 2 aliphatic heterocycles. The maximum absolute atomic E-state index is 11.3. The highest BCUT2D eigenvalue weighted by Crippen LogP contribution is 2.28. The molecule has 0 saturated carbocycles. The Kier molecular flexibility index (Phi) is 3.92. The van der Waals surface area contributed by atoms with E-state index in [9.17, 15) is 4.79 Å². The van der Waals surface area contributed by atoms with Crippen molar-refractivity contribution in [1.29, 1.82) is 0 Å². The van der Waals surface area contributed by atoms with Gasteiger partial charge in [0.1, 0.15) is 0 Å². The number of rotatable bonds is 3. The summed E-state index contributed by atoms with van der Waals surface area (Å²) in [6.45, 7) is 5.71. The fourth-order valence-electron chi connectivity index (χ4n) is 3.38. The zero-order valence-electron chi connectivity index (χ0n) is 13.0. The third kappa shape index (κ3) is 3.04. The molecule has 3 N–H and O–H groups in total. The summed E-state index contributed by atoms with van der Waals surface area (Å²) in [5.41, 5.74) is 9.06. The number of nitrogens with two attached hydrogens (primary N) is 1. The third-order valence-corrected chi connectivity index (χ3v) is 5.77. The zero-order chi connectivity index (χ0) is 15.8. The highest BCUT2D eigenvalue weighted by Gasteiger charge is 2.22. The highest BCUT2D eigenvalue weighted by molar-refractivity contribution is 7.14. The average Bonchev–Trinajstić information content (AvgIpc) is 3.05. The number of aryl methyl sites for hydroxylation is 1. The van der Waals surface area contributed by atoms with Crippen molar-refractivity contribution in [2.24, 2.45) is 5.73 Å². The normalized spacial score (nSPS) is 18.3. The summed E-state index contributed by atoms with van der Waals surface area (Å²) in [4.78, 5) is 15.7. The number of carbonyl (C=O) groups excluding carboxylic acids is 1. The molecule has 0 saturated heterocycles. The number of aromatic nitrogens is 2. The number of fused-ring (bicyclic) bond motifs is 2. The van der Waals surface area contributed by atoms with Gasteiger partial charge in [0.15, 0.2) is 0 Å². The van der Waals surface area contributed by atoms with Gasteiger partial charge in [-0.1, -0.05) is 0 Å². The molecule has 4 heterocycles. The number of primary amides is 1. The van der Waals surface area contributed by atoms with Crippen molar-refractivity contribution < 1.29 is 4.79 Å². The topological polar surface area (TPSA) is 76.2 Å². The quantitative estimate of drug-likeness (QED) is 0.883. The van der Waals surface area contributed by atoms with Crippen LogP contribution in [0.2, 0.25) is 0 Å². The van der Waals surface area contributed by atoms with Crippen molar-refractivity contribution in [1.82, 2.24) is 20.0 Å². The van der Waals surface area contributed by atoms with E-state index < -0.39 is 0 Å². The van der Waals surface area contributed by atoms with Crippen molar-refractivity contribution in [3.8, 4) is 0 Å². The van der Waals surface area contributed by atoms with Crippen LogP contribution in [0.25, 0.3) is 0 Å². The summed E-state index contributed by atoms with van der Waals surface area (Å²) in [5, 5.41) is 8.19. The summed E-state index contributed by atoms with van der Waals surface area (Å²) in [7, 11) is 0. The van der Waals surface area contributed by atoms with Crippen LogP contribution < -0.4 is 11.1 Å². The van der Waals surface area contributed by atoms with Gasteiger partial charge in [-0.05, 0) is 37.1 Å². The standard InChI is InChI=1S/C16H21N5OS/c17-16(22)15-6-11-9-20(5-2-14(11)23-15)10-12-7-13-8-18-3-1-4-21(13)19-12/h6-7,18H,1-5,8-10H2,(H2,17,22). The van der Waals surface area contributed by atoms with Crippen molar-refractivity contribution in [3.63, 3.8) is 0 Å². The van der Waals surface area contributed by atoms with E-state index in [0.717, 1.165) is 57.8 Å². The van der Waals surface area contributed by atoms with Gasteiger partial charge in [-0.2, -0.15) is 5.10 Å². The molecule has 0 spiro atoms. The lowest BCUT2D eigenvalue weighted by Crippen LogP contribution is -2.29. The Balaban J connectivity index is 1.46. The van der Waals surface area contributed by atoms with Crippen LogP contribution in [-0.2, 0) is 32.6 Å². The Bertz CT molecular complexity index is 711. The second-order valence-electron chi connectivity index (χ2n) is 6.26. The molecule has 2 aliphatic rings. The van der Waals surface area contributed by atoms with E-state index in [1.165, 1.54) is 16.1 Å².